The van der Waals surface area contributed by atoms with Crippen LogP contribution < -0.4 is 5.43 Å². The highest BCUT2D eigenvalue weighted by Gasteiger charge is 2.09. The van der Waals surface area contributed by atoms with Crippen LogP contribution in [0, 0.1) is 0 Å². The maximum atomic E-state index is 12.1. The van der Waals surface area contributed by atoms with Gasteiger partial charge in [-0.15, -0.1) is 0 Å². The number of hydrogen-bond acceptors (Lipinski definition) is 2. The molecule has 0 spiro atoms. The zero-order valence-corrected chi connectivity index (χ0v) is 13.9. The molecule has 23 heavy (non-hydrogen) atoms. The molecule has 3 rings (SSSR count). The summed E-state index contributed by atoms with van der Waals surface area (Å²) in [4.78, 5) is 15.1. The van der Waals surface area contributed by atoms with Crippen LogP contribution in [-0.2, 0) is 0 Å². The number of aromatic amines is 1. The van der Waals surface area contributed by atoms with Gasteiger partial charge in [0.25, 0.3) is 5.91 Å². The lowest BCUT2D eigenvalue weighted by atomic mass is 10.2. The fraction of sp³-hybridized carbons (Fsp3) is 0. The number of carbonyl (C=O) groups is 1. The molecule has 116 valence electrons. The second kappa shape index (κ2) is 6.62. The zero-order valence-electron chi connectivity index (χ0n) is 11.6. The summed E-state index contributed by atoms with van der Waals surface area (Å²) in [5.74, 6) is -0.369. The van der Waals surface area contributed by atoms with E-state index in [2.05, 4.69) is 15.5 Å². The second-order valence-corrected chi connectivity index (χ2v) is 5.98. The van der Waals surface area contributed by atoms with Crippen molar-refractivity contribution < 1.29 is 4.79 Å². The maximum Gasteiger partial charge on any atom is 0.287 e. The standard InChI is InChI=1S/C16H10Cl3N3O/c17-11-4-5-13-10(6-11)7-14(21-13)16(23)22-20-8-9-2-1-3-12(18)15(9)19/h1-8,21H,(H,22,23). The number of nitrogens with one attached hydrogen (secondary N) is 2. The Balaban J connectivity index is 1.75. The number of hydrogen-bond donors (Lipinski definition) is 2. The van der Waals surface area contributed by atoms with E-state index in [-0.39, 0.29) is 5.91 Å². The predicted molar refractivity (Wildman–Crippen MR) is 94.8 cm³/mol. The molecule has 0 aliphatic heterocycles. The average molecular weight is 367 g/mol. The molecule has 2 aromatic carbocycles. The van der Waals surface area contributed by atoms with Gasteiger partial charge in [0, 0.05) is 21.5 Å². The summed E-state index contributed by atoms with van der Waals surface area (Å²) < 4.78 is 0. The molecule has 1 aromatic heterocycles. The van der Waals surface area contributed by atoms with Crippen molar-refractivity contribution in [2.45, 2.75) is 0 Å². The third kappa shape index (κ3) is 3.50. The van der Waals surface area contributed by atoms with E-state index < -0.39 is 0 Å². The Morgan fingerprint density at radius 2 is 1.96 bits per heavy atom. The Morgan fingerprint density at radius 1 is 1.13 bits per heavy atom. The first kappa shape index (κ1) is 15.9. The minimum atomic E-state index is -0.369. The van der Waals surface area contributed by atoms with Crippen molar-refractivity contribution in [1.29, 1.82) is 0 Å². The highest BCUT2D eigenvalue weighted by molar-refractivity contribution is 6.43. The van der Waals surface area contributed by atoms with Gasteiger partial charge >= 0.3 is 0 Å². The molecule has 0 saturated heterocycles. The number of nitrogens with zero attached hydrogens (tertiary/aromatic N) is 1. The molecular weight excluding hydrogens is 357 g/mol. The average Bonchev–Trinajstić information content (AvgIpc) is 2.94. The summed E-state index contributed by atoms with van der Waals surface area (Å²) in [7, 11) is 0. The number of carbonyl (C=O) groups excluding carboxylic acids is 1. The van der Waals surface area contributed by atoms with Crippen molar-refractivity contribution in [2.24, 2.45) is 5.10 Å². The zero-order chi connectivity index (χ0) is 16.4. The van der Waals surface area contributed by atoms with Crippen molar-refractivity contribution in [1.82, 2.24) is 10.4 Å². The van der Waals surface area contributed by atoms with Gasteiger partial charge in [0.15, 0.2) is 0 Å². The summed E-state index contributed by atoms with van der Waals surface area (Å²) in [6, 6.07) is 12.2. The summed E-state index contributed by atoms with van der Waals surface area (Å²) in [5.41, 5.74) is 4.25. The van der Waals surface area contributed by atoms with Crippen LogP contribution in [0.5, 0.6) is 0 Å². The van der Waals surface area contributed by atoms with E-state index in [1.165, 1.54) is 6.21 Å². The van der Waals surface area contributed by atoms with Crippen molar-refractivity contribution >= 4 is 57.8 Å². The molecule has 0 aliphatic rings. The van der Waals surface area contributed by atoms with E-state index in [0.29, 0.717) is 26.3 Å². The molecule has 0 aliphatic carbocycles. The molecule has 0 atom stereocenters. The molecule has 2 N–H and O–H groups in total. The first-order valence-electron chi connectivity index (χ1n) is 6.60. The van der Waals surface area contributed by atoms with Gasteiger partial charge < -0.3 is 4.98 Å². The van der Waals surface area contributed by atoms with Crippen LogP contribution in [0.25, 0.3) is 10.9 Å². The molecule has 3 aromatic rings. The SMILES string of the molecule is O=C(NN=Cc1cccc(Cl)c1Cl)c1cc2cc(Cl)ccc2[nH]1. The van der Waals surface area contributed by atoms with Crippen LogP contribution >= 0.6 is 34.8 Å². The van der Waals surface area contributed by atoms with Gasteiger partial charge in [-0.2, -0.15) is 5.10 Å². The first-order chi connectivity index (χ1) is 11.0. The van der Waals surface area contributed by atoms with Crippen molar-refractivity contribution in [2.75, 3.05) is 0 Å². The van der Waals surface area contributed by atoms with Crippen LogP contribution in [-0.4, -0.2) is 17.1 Å². The third-order valence-electron chi connectivity index (χ3n) is 3.18. The monoisotopic (exact) mass is 365 g/mol. The fourth-order valence-electron chi connectivity index (χ4n) is 2.07. The topological polar surface area (TPSA) is 57.2 Å². The van der Waals surface area contributed by atoms with Gasteiger partial charge in [-0.25, -0.2) is 5.43 Å². The Morgan fingerprint density at radius 3 is 2.78 bits per heavy atom. The van der Waals surface area contributed by atoms with Gasteiger partial charge in [-0.1, -0.05) is 46.9 Å². The normalized spacial score (nSPS) is 11.3. The van der Waals surface area contributed by atoms with Gasteiger partial charge in [-0.3, -0.25) is 4.79 Å². The van der Waals surface area contributed by atoms with Crippen LogP contribution in [0.2, 0.25) is 15.1 Å². The minimum Gasteiger partial charge on any atom is -0.350 e. The number of rotatable bonds is 3. The summed E-state index contributed by atoms with van der Waals surface area (Å²) in [5, 5.41) is 6.16. The maximum absolute atomic E-state index is 12.1. The van der Waals surface area contributed by atoms with E-state index in [1.807, 2.05) is 6.07 Å². The largest absolute Gasteiger partial charge is 0.350 e. The quantitative estimate of drug-likeness (QED) is 0.503. The molecule has 0 bridgehead atoms. The lowest BCUT2D eigenvalue weighted by molar-refractivity contribution is 0.0951. The molecule has 1 heterocycles. The van der Waals surface area contributed by atoms with Gasteiger partial charge in [-0.05, 0) is 30.3 Å². The number of aromatic nitrogens is 1. The first-order valence-corrected chi connectivity index (χ1v) is 7.73. The van der Waals surface area contributed by atoms with Crippen LogP contribution in [0.4, 0.5) is 0 Å². The highest BCUT2D eigenvalue weighted by atomic mass is 35.5. The molecule has 0 radical (unpaired) electrons. The lowest BCUT2D eigenvalue weighted by Crippen LogP contribution is -2.17. The molecule has 0 saturated carbocycles. The van der Waals surface area contributed by atoms with E-state index in [1.54, 1.807) is 36.4 Å². The van der Waals surface area contributed by atoms with Crippen LogP contribution in [0.15, 0.2) is 47.6 Å². The smallest absolute Gasteiger partial charge is 0.287 e. The predicted octanol–water partition coefficient (Wildman–Crippen LogP) is 4.89. The highest BCUT2D eigenvalue weighted by Crippen LogP contribution is 2.24. The Kier molecular flexibility index (Phi) is 4.57. The number of benzene rings is 2. The summed E-state index contributed by atoms with van der Waals surface area (Å²) in [6.07, 6.45) is 1.44. The van der Waals surface area contributed by atoms with E-state index >= 15 is 0 Å². The molecular formula is C16H10Cl3N3O. The van der Waals surface area contributed by atoms with E-state index in [0.717, 1.165) is 10.9 Å². The van der Waals surface area contributed by atoms with Crippen molar-refractivity contribution in [3.05, 3.63) is 68.8 Å². The molecule has 7 heteroatoms. The summed E-state index contributed by atoms with van der Waals surface area (Å²) >= 11 is 17.9. The fourth-order valence-corrected chi connectivity index (χ4v) is 2.60. The number of hydrazone groups is 1. The van der Waals surface area contributed by atoms with Gasteiger partial charge in [0.05, 0.1) is 16.3 Å². The summed E-state index contributed by atoms with van der Waals surface area (Å²) in [6.45, 7) is 0. The number of halogens is 3. The molecule has 4 nitrogen and oxygen atoms in total. The van der Waals surface area contributed by atoms with Crippen LogP contribution in [0.1, 0.15) is 16.1 Å². The van der Waals surface area contributed by atoms with Crippen molar-refractivity contribution in [3.63, 3.8) is 0 Å². The van der Waals surface area contributed by atoms with Crippen LogP contribution in [0.3, 0.4) is 0 Å². The molecule has 0 unspecified atom stereocenters. The Hall–Kier alpha value is -2.01. The van der Waals surface area contributed by atoms with Crippen molar-refractivity contribution in [3.8, 4) is 0 Å². The van der Waals surface area contributed by atoms with E-state index in [4.69, 9.17) is 34.8 Å². The second-order valence-electron chi connectivity index (χ2n) is 4.76. The van der Waals surface area contributed by atoms with Gasteiger partial charge in [0.1, 0.15) is 5.69 Å². The number of H-pyrrole nitrogens is 1. The Labute approximate surface area is 147 Å². The Bertz CT molecular complexity index is 918. The number of amides is 1. The minimum absolute atomic E-state index is 0.369. The molecule has 1 amide bonds. The third-order valence-corrected chi connectivity index (χ3v) is 4.25. The lowest BCUT2D eigenvalue weighted by Gasteiger charge is -2.00. The number of fused-ring (bicyclic) bond motifs is 1. The van der Waals surface area contributed by atoms with Gasteiger partial charge in [0.2, 0.25) is 0 Å². The molecule has 0 fully saturated rings. The van der Waals surface area contributed by atoms with E-state index in [9.17, 15) is 4.79 Å².